The number of H-pyrrole nitrogens is 1. The van der Waals surface area contributed by atoms with Crippen LogP contribution in [0.1, 0.15) is 16.9 Å². The first-order valence-electron chi connectivity index (χ1n) is 6.54. The second-order valence-electron chi connectivity index (χ2n) is 5.12. The fraction of sp³-hybridized carbons (Fsp3) is 0.286. The normalized spacial score (nSPS) is 15.0. The number of aromatic nitrogens is 2. The molecule has 1 aliphatic rings. The van der Waals surface area contributed by atoms with Crippen LogP contribution >= 0.6 is 0 Å². The summed E-state index contributed by atoms with van der Waals surface area (Å²) in [5, 5.41) is 15.8. The van der Waals surface area contributed by atoms with Crippen molar-refractivity contribution in [2.75, 3.05) is 13.1 Å². The third-order valence-corrected chi connectivity index (χ3v) is 3.61. The molecule has 3 rings (SSSR count). The maximum atomic E-state index is 12.4. The second-order valence-corrected chi connectivity index (χ2v) is 5.12. The van der Waals surface area contributed by atoms with E-state index in [1.54, 1.807) is 29.2 Å². The standard InChI is InChI=1S/C14H13N3O4/c18-11(19)5-8-6-17(7-8)14(21)12-9-3-1-2-4-10(9)13(20)16-15-12/h1-4,8H,5-7H2,(H,16,20)(H,18,19). The van der Waals surface area contributed by atoms with Gasteiger partial charge in [0, 0.05) is 24.4 Å². The van der Waals surface area contributed by atoms with Gasteiger partial charge in [-0.2, -0.15) is 5.10 Å². The molecule has 1 amide bonds. The summed E-state index contributed by atoms with van der Waals surface area (Å²) in [5.41, 5.74) is -0.145. The number of carboxylic acids is 1. The Balaban J connectivity index is 1.85. The first-order valence-corrected chi connectivity index (χ1v) is 6.54. The number of nitrogens with zero attached hydrogens (tertiary/aromatic N) is 2. The molecular weight excluding hydrogens is 274 g/mol. The topological polar surface area (TPSA) is 103 Å². The van der Waals surface area contributed by atoms with Gasteiger partial charge in [0.15, 0.2) is 5.69 Å². The molecule has 7 heteroatoms. The molecular formula is C14H13N3O4. The number of hydrogen-bond donors (Lipinski definition) is 2. The number of fused-ring (bicyclic) bond motifs is 1. The summed E-state index contributed by atoms with van der Waals surface area (Å²) in [6.07, 6.45) is 0.0591. The van der Waals surface area contributed by atoms with Crippen molar-refractivity contribution in [3.05, 3.63) is 40.3 Å². The third kappa shape index (κ3) is 2.37. The van der Waals surface area contributed by atoms with Gasteiger partial charge in [-0.3, -0.25) is 14.4 Å². The van der Waals surface area contributed by atoms with E-state index in [4.69, 9.17) is 5.11 Å². The van der Waals surface area contributed by atoms with Crippen molar-refractivity contribution in [3.8, 4) is 0 Å². The number of rotatable bonds is 3. The fourth-order valence-electron chi connectivity index (χ4n) is 2.54. The van der Waals surface area contributed by atoms with Crippen LogP contribution in [0.3, 0.4) is 0 Å². The molecule has 1 aromatic carbocycles. The largest absolute Gasteiger partial charge is 0.481 e. The monoisotopic (exact) mass is 287 g/mol. The minimum absolute atomic E-state index is 0.0134. The van der Waals surface area contributed by atoms with Crippen LogP contribution in [0.5, 0.6) is 0 Å². The number of likely N-dealkylation sites (tertiary alicyclic amines) is 1. The van der Waals surface area contributed by atoms with E-state index in [0.717, 1.165) is 0 Å². The number of aliphatic carboxylic acids is 1. The summed E-state index contributed by atoms with van der Waals surface area (Å²) in [6.45, 7) is 0.806. The zero-order chi connectivity index (χ0) is 15.0. The molecule has 1 aromatic heterocycles. The highest BCUT2D eigenvalue weighted by Gasteiger charge is 2.33. The predicted octanol–water partition coefficient (Wildman–Crippen LogP) is 0.470. The van der Waals surface area contributed by atoms with Crippen molar-refractivity contribution >= 4 is 22.6 Å². The Morgan fingerprint density at radius 1 is 1.29 bits per heavy atom. The summed E-state index contributed by atoms with van der Waals surface area (Å²) in [4.78, 5) is 36.2. The maximum Gasteiger partial charge on any atom is 0.303 e. The SMILES string of the molecule is O=C(O)CC1CN(C(=O)c2n[nH]c(=O)c3ccccc23)C1. The average Bonchev–Trinajstić information content (AvgIpc) is 2.42. The maximum absolute atomic E-state index is 12.4. The number of carboxylic acid groups (broad SMARTS) is 1. The highest BCUT2D eigenvalue weighted by atomic mass is 16.4. The molecule has 1 saturated heterocycles. The van der Waals surface area contributed by atoms with Gasteiger partial charge < -0.3 is 10.0 Å². The molecule has 0 atom stereocenters. The van der Waals surface area contributed by atoms with Gasteiger partial charge >= 0.3 is 5.97 Å². The van der Waals surface area contributed by atoms with Gasteiger partial charge in [-0.15, -0.1) is 0 Å². The van der Waals surface area contributed by atoms with Gasteiger partial charge in [-0.1, -0.05) is 18.2 Å². The fourth-order valence-corrected chi connectivity index (χ4v) is 2.54. The van der Waals surface area contributed by atoms with E-state index >= 15 is 0 Å². The molecule has 2 N–H and O–H groups in total. The van der Waals surface area contributed by atoms with Crippen LogP contribution < -0.4 is 5.56 Å². The van der Waals surface area contributed by atoms with E-state index < -0.39 is 5.97 Å². The lowest BCUT2D eigenvalue weighted by atomic mass is 9.95. The van der Waals surface area contributed by atoms with Crippen molar-refractivity contribution in [1.82, 2.24) is 15.1 Å². The molecule has 0 aliphatic carbocycles. The van der Waals surface area contributed by atoms with Crippen molar-refractivity contribution in [3.63, 3.8) is 0 Å². The Hall–Kier alpha value is -2.70. The molecule has 2 heterocycles. The van der Waals surface area contributed by atoms with Crippen LogP contribution in [0.15, 0.2) is 29.1 Å². The van der Waals surface area contributed by atoms with Crippen LogP contribution in [-0.2, 0) is 4.79 Å². The van der Waals surface area contributed by atoms with Gasteiger partial charge in [-0.25, -0.2) is 5.10 Å². The van der Waals surface area contributed by atoms with E-state index in [1.165, 1.54) is 0 Å². The van der Waals surface area contributed by atoms with E-state index in [-0.39, 0.29) is 29.5 Å². The Morgan fingerprint density at radius 2 is 1.95 bits per heavy atom. The number of hydrogen-bond acceptors (Lipinski definition) is 4. The zero-order valence-corrected chi connectivity index (χ0v) is 11.1. The summed E-state index contributed by atoms with van der Waals surface area (Å²) in [6, 6.07) is 6.78. The molecule has 21 heavy (non-hydrogen) atoms. The van der Waals surface area contributed by atoms with E-state index in [0.29, 0.717) is 23.9 Å². The van der Waals surface area contributed by atoms with Crippen LogP contribution in [-0.4, -0.2) is 45.2 Å². The molecule has 0 spiro atoms. The Labute approximate surface area is 119 Å². The number of nitrogens with one attached hydrogen (secondary N) is 1. The van der Waals surface area contributed by atoms with Crippen LogP contribution in [0.4, 0.5) is 0 Å². The van der Waals surface area contributed by atoms with Crippen molar-refractivity contribution < 1.29 is 14.7 Å². The van der Waals surface area contributed by atoms with Gasteiger partial charge in [0.05, 0.1) is 11.8 Å². The molecule has 0 unspecified atom stereocenters. The molecule has 0 bridgehead atoms. The zero-order valence-electron chi connectivity index (χ0n) is 11.1. The molecule has 2 aromatic rings. The highest BCUT2D eigenvalue weighted by molar-refractivity contribution is 6.05. The minimum Gasteiger partial charge on any atom is -0.481 e. The number of aromatic amines is 1. The van der Waals surface area contributed by atoms with Gasteiger partial charge in [0.25, 0.3) is 11.5 Å². The highest BCUT2D eigenvalue weighted by Crippen LogP contribution is 2.23. The first-order chi connectivity index (χ1) is 10.1. The summed E-state index contributed by atoms with van der Waals surface area (Å²) < 4.78 is 0. The molecule has 1 aliphatic heterocycles. The molecule has 1 fully saturated rings. The number of carbonyl (C=O) groups excluding carboxylic acids is 1. The molecule has 0 saturated carbocycles. The van der Waals surface area contributed by atoms with Gasteiger partial charge in [0.1, 0.15) is 0 Å². The number of benzene rings is 1. The van der Waals surface area contributed by atoms with Crippen molar-refractivity contribution in [2.24, 2.45) is 5.92 Å². The second kappa shape index (κ2) is 5.01. The Morgan fingerprint density at radius 3 is 2.62 bits per heavy atom. The summed E-state index contributed by atoms with van der Waals surface area (Å²) in [7, 11) is 0. The number of amides is 1. The average molecular weight is 287 g/mol. The van der Waals surface area contributed by atoms with Crippen LogP contribution in [0.25, 0.3) is 10.8 Å². The summed E-state index contributed by atoms with van der Waals surface area (Å²) in [5.74, 6) is -1.16. The smallest absolute Gasteiger partial charge is 0.303 e. The molecule has 0 radical (unpaired) electrons. The first kappa shape index (κ1) is 13.3. The predicted molar refractivity (Wildman–Crippen MR) is 74.0 cm³/mol. The lowest BCUT2D eigenvalue weighted by Crippen LogP contribution is -2.51. The van der Waals surface area contributed by atoms with Crippen LogP contribution in [0.2, 0.25) is 0 Å². The van der Waals surface area contributed by atoms with Crippen molar-refractivity contribution in [2.45, 2.75) is 6.42 Å². The van der Waals surface area contributed by atoms with Gasteiger partial charge in [0.2, 0.25) is 0 Å². The van der Waals surface area contributed by atoms with E-state index in [2.05, 4.69) is 10.2 Å². The van der Waals surface area contributed by atoms with Crippen molar-refractivity contribution in [1.29, 1.82) is 0 Å². The quantitative estimate of drug-likeness (QED) is 0.854. The van der Waals surface area contributed by atoms with E-state index in [9.17, 15) is 14.4 Å². The Kier molecular flexibility index (Phi) is 3.17. The third-order valence-electron chi connectivity index (χ3n) is 3.61. The lowest BCUT2D eigenvalue weighted by molar-refractivity contribution is -0.139. The molecule has 7 nitrogen and oxygen atoms in total. The summed E-state index contributed by atoms with van der Waals surface area (Å²) >= 11 is 0. The van der Waals surface area contributed by atoms with E-state index in [1.807, 2.05) is 0 Å². The Bertz CT molecular complexity index is 777. The van der Waals surface area contributed by atoms with Crippen LogP contribution in [0, 0.1) is 5.92 Å². The number of carbonyl (C=O) groups is 2. The molecule has 108 valence electrons. The lowest BCUT2D eigenvalue weighted by Gasteiger charge is -2.38. The van der Waals surface area contributed by atoms with Gasteiger partial charge in [-0.05, 0) is 6.07 Å². The minimum atomic E-state index is -0.861.